The molecule has 8 rings (SSSR count). The average Bonchev–Trinajstić information content (AvgIpc) is 0.816. The van der Waals surface area contributed by atoms with Crippen LogP contribution in [-0.2, 0) is 42.4 Å². The highest BCUT2D eigenvalue weighted by atomic mass is 35.5. The number of ether oxygens (including phenoxy) is 4. The fraction of sp³-hybridized carbons (Fsp3) is 0.410. The van der Waals surface area contributed by atoms with Gasteiger partial charge >= 0.3 is 29.4 Å². The van der Waals surface area contributed by atoms with Crippen LogP contribution in [0, 0.1) is 46.5 Å². The molecule has 3 atom stereocenters. The number of methoxy groups -OCH3 is 1. The van der Waals surface area contributed by atoms with Crippen molar-refractivity contribution in [3.63, 3.8) is 0 Å². The van der Waals surface area contributed by atoms with Crippen molar-refractivity contribution in [3.05, 3.63) is 200 Å². The second kappa shape index (κ2) is 42.9. The van der Waals surface area contributed by atoms with Crippen LogP contribution in [0.1, 0.15) is 197 Å². The van der Waals surface area contributed by atoms with Crippen molar-refractivity contribution >= 4 is 88.9 Å². The number of benzene rings is 7. The molecule has 6 N–H and O–H groups in total. The Morgan fingerprint density at radius 3 is 1.95 bits per heavy atom. The van der Waals surface area contributed by atoms with Gasteiger partial charge in [-0.25, -0.2) is 19.6 Å². The Kier molecular flexibility index (Phi) is 35.4. The zero-order valence-electron chi connectivity index (χ0n) is 65.3. The first-order valence-corrected chi connectivity index (χ1v) is 38.7. The summed E-state index contributed by atoms with van der Waals surface area (Å²) in [4.78, 5) is 69.9. The van der Waals surface area contributed by atoms with Gasteiger partial charge in [0, 0.05) is 35.1 Å². The number of carbonyl (C=O) groups is 5. The van der Waals surface area contributed by atoms with Crippen LogP contribution < -0.4 is 44.6 Å². The molecule has 1 aromatic heterocycles. The predicted molar refractivity (Wildman–Crippen MR) is 428 cm³/mol. The van der Waals surface area contributed by atoms with Crippen LogP contribution in [0.3, 0.4) is 0 Å². The molecule has 8 aromatic rings. The van der Waals surface area contributed by atoms with Gasteiger partial charge in [0.1, 0.15) is 23.0 Å². The van der Waals surface area contributed by atoms with Gasteiger partial charge in [0.15, 0.2) is 20.0 Å². The molecule has 3 unspecified atom stereocenters. The number of nitrogens with one attached hydrogen (secondary N) is 5. The molecule has 0 saturated heterocycles. The molecule has 109 heavy (non-hydrogen) atoms. The third kappa shape index (κ3) is 26.9. The number of hydrazine groups is 1. The molecule has 3 amide bonds. The first-order valence-electron chi connectivity index (χ1n) is 36.3. The Labute approximate surface area is 648 Å². The average molecular weight is 1560 g/mol. The fourth-order valence-electron chi connectivity index (χ4n) is 10.8. The van der Waals surface area contributed by atoms with E-state index in [1.807, 2.05) is 52.0 Å². The molecule has 7 aromatic carbocycles. The maximum atomic E-state index is 13.5. The van der Waals surface area contributed by atoms with E-state index >= 15 is 0 Å². The normalized spacial score (nSPS) is 12.1. The number of alkyl halides is 3. The number of Topliss-reactive ketones (excluding diaryl/α,β-unsaturated/α-hetero) is 2. The maximum Gasteiger partial charge on any atom is 0.451 e. The molecule has 1 heterocycles. The maximum absolute atomic E-state index is 13.5. The number of hydrogen-bond acceptors (Lipinski definition) is 16. The van der Waals surface area contributed by atoms with Gasteiger partial charge in [0.05, 0.1) is 53.4 Å². The summed E-state index contributed by atoms with van der Waals surface area (Å²) in [5, 5.41) is 15.9. The molecule has 0 aliphatic rings. The minimum absolute atomic E-state index is 0.0590. The van der Waals surface area contributed by atoms with E-state index < -0.39 is 52.9 Å². The van der Waals surface area contributed by atoms with Crippen molar-refractivity contribution in [2.45, 2.75) is 179 Å². The molecule has 0 aliphatic carbocycles. The van der Waals surface area contributed by atoms with Crippen molar-refractivity contribution in [1.29, 1.82) is 0 Å². The van der Waals surface area contributed by atoms with Crippen LogP contribution in [0.5, 0.6) is 28.7 Å². The van der Waals surface area contributed by atoms with E-state index in [0.717, 1.165) is 52.6 Å². The number of carbonyl (C=O) groups excluding carboxylic acids is 5. The van der Waals surface area contributed by atoms with Crippen LogP contribution in [0.15, 0.2) is 133 Å². The van der Waals surface area contributed by atoms with Crippen molar-refractivity contribution in [1.82, 2.24) is 20.7 Å². The molecule has 0 radical (unpaired) electrons. The minimum atomic E-state index is -4.72. The fourth-order valence-corrected chi connectivity index (χ4v) is 12.5. The molecule has 20 nitrogen and oxygen atoms in total. The number of ketones is 2. The molecule has 0 aliphatic heterocycles. The van der Waals surface area contributed by atoms with Gasteiger partial charge in [-0.2, -0.15) is 17.4 Å². The van der Waals surface area contributed by atoms with Crippen LogP contribution >= 0.6 is 20.1 Å². The van der Waals surface area contributed by atoms with Crippen molar-refractivity contribution in [2.75, 3.05) is 48.5 Å². The standard InChI is InChI=1S/C29H38F3N5O2.C26H24O6.C20H25ClN2O4S.C8H17OP/c1-7-27(3,4)19-14-15-23(21(18-19)28(5,6)8-2)39-17-11-16-33-26(38)37-36-24-20-12-9-10-13-22(20)34-25(35-24)29(30,31)32;1-4-31-26(29)19-11-13-20(14-12-19)32-25(23(27)18-8-6-5-7-9-18)24(28)21-16-17(2)10-15-22(21)30-3;1-10(2)20(25)22-16-9-15(14(6)17(21)18(16)24)23-28(26)27-19-12(4)7-11(3)8-13(19)5;1-3-5-6-8(4-2)7-10-9/h9-10,12-15,18H,7-8,11,16-17H2,1-6H3,(H2,33,37,38)(H,34,35,36);5-16,25H,4H2,1-3H3;7-10,23-24H,1-6H3,(H,22,25);8H,3-7H2,1-2H3. The molecule has 0 saturated carbocycles. The SMILES string of the molecule is CCC(C)(C)c1ccc(OCCCNC(=O)NNc2nc(C(F)(F)F)nc3ccccc23)c(C(C)(C)CC)c1.CCCCC(CC)CP=O.CCOC(=O)c1ccc(OC(C(=O)c2ccccc2)C(=O)c2cc(C)ccc2OC)cc1.Cc1cc(C)c(OS(=O)Nc2cc(NC(=O)C(C)C)c(O)c(Cl)c2C)c(C)c1. The second-order valence-corrected chi connectivity index (χ2v) is 29.5. The summed E-state index contributed by atoms with van der Waals surface area (Å²) in [7, 11) is 1.78. The summed E-state index contributed by atoms with van der Waals surface area (Å²) < 4.78 is 93.0. The van der Waals surface area contributed by atoms with E-state index in [4.69, 9.17) is 34.7 Å². The molecule has 588 valence electrons. The number of phenolic OH excluding ortho intramolecular Hbond substituents is 1. The first kappa shape index (κ1) is 90.0. The van der Waals surface area contributed by atoms with Crippen molar-refractivity contribution in [2.24, 2.45) is 11.8 Å². The van der Waals surface area contributed by atoms with Crippen LogP contribution in [0.25, 0.3) is 10.9 Å². The zero-order valence-corrected chi connectivity index (χ0v) is 67.8. The van der Waals surface area contributed by atoms with E-state index in [9.17, 15) is 51.0 Å². The third-order valence-electron chi connectivity index (χ3n) is 18.1. The van der Waals surface area contributed by atoms with E-state index in [1.165, 1.54) is 74.8 Å². The number of hydrogen-bond donors (Lipinski definition) is 6. The van der Waals surface area contributed by atoms with Gasteiger partial charge in [0.2, 0.25) is 29.4 Å². The number of aryl methyl sites for hydroxylation is 4. The molecule has 0 spiro atoms. The van der Waals surface area contributed by atoms with E-state index in [0.29, 0.717) is 73.2 Å². The Balaban J connectivity index is 0.000000278. The number of urea groups is 1. The Morgan fingerprint density at radius 2 is 1.36 bits per heavy atom. The van der Waals surface area contributed by atoms with E-state index in [2.05, 4.69) is 104 Å². The number of para-hydroxylation sites is 1. The van der Waals surface area contributed by atoms with Crippen LogP contribution in [0.2, 0.25) is 5.02 Å². The van der Waals surface area contributed by atoms with Gasteiger partial charge in [-0.1, -0.05) is 184 Å². The smallest absolute Gasteiger partial charge is 0.451 e. The van der Waals surface area contributed by atoms with Gasteiger partial charge in [-0.3, -0.25) is 34.5 Å². The number of amides is 3. The highest BCUT2D eigenvalue weighted by molar-refractivity contribution is 7.82. The molecular formula is C83H104ClF3N7O13PS. The van der Waals surface area contributed by atoms with Crippen molar-refractivity contribution in [3.8, 4) is 28.7 Å². The highest BCUT2D eigenvalue weighted by Crippen LogP contribution is 2.41. The zero-order chi connectivity index (χ0) is 80.9. The summed E-state index contributed by atoms with van der Waals surface area (Å²) in [6.07, 6.45) is 2.20. The van der Waals surface area contributed by atoms with Crippen LogP contribution in [-0.4, -0.2) is 87.9 Å². The lowest BCUT2D eigenvalue weighted by atomic mass is 9.76. The van der Waals surface area contributed by atoms with Gasteiger partial charge < -0.3 is 38.9 Å². The largest absolute Gasteiger partial charge is 0.504 e. The number of nitrogens with zero attached hydrogens (tertiary/aromatic N) is 2. The number of aromatic hydroxyl groups is 1. The Hall–Kier alpha value is -9.64. The molecular weight excluding hydrogens is 1460 g/mol. The summed E-state index contributed by atoms with van der Waals surface area (Å²) in [5.74, 6) is -1.00. The van der Waals surface area contributed by atoms with Crippen molar-refractivity contribution < 1.29 is 74.2 Å². The van der Waals surface area contributed by atoms with Gasteiger partial charge in [-0.05, 0) is 167 Å². The number of rotatable bonds is 32. The number of anilines is 3. The number of phenols is 1. The number of aromatic nitrogens is 2. The minimum Gasteiger partial charge on any atom is -0.504 e. The summed E-state index contributed by atoms with van der Waals surface area (Å²) >= 11 is 4.27. The number of fused-ring (bicyclic) bond motifs is 1. The topological polar surface area (TPSA) is 272 Å². The molecule has 0 fully saturated rings. The second-order valence-electron chi connectivity index (χ2n) is 27.6. The number of esters is 1. The summed E-state index contributed by atoms with van der Waals surface area (Å²) in [6, 6.07) is 37.1. The lowest BCUT2D eigenvalue weighted by Crippen LogP contribution is -2.40. The molecule has 26 heteroatoms. The monoisotopic (exact) mass is 1560 g/mol. The van der Waals surface area contributed by atoms with Gasteiger partial charge in [0.25, 0.3) is 0 Å². The lowest BCUT2D eigenvalue weighted by Gasteiger charge is -2.30. The number of halogens is 4. The Morgan fingerprint density at radius 1 is 0.716 bits per heavy atom. The van der Waals surface area contributed by atoms with Gasteiger partial charge in [-0.15, -0.1) is 0 Å². The van der Waals surface area contributed by atoms with Crippen LogP contribution in [0.4, 0.5) is 35.2 Å². The molecule has 0 bridgehead atoms. The predicted octanol–water partition coefficient (Wildman–Crippen LogP) is 20.3. The van der Waals surface area contributed by atoms with E-state index in [-0.39, 0.29) is 68.4 Å². The quantitative estimate of drug-likeness (QED) is 0.00334. The highest BCUT2D eigenvalue weighted by Gasteiger charge is 2.36. The van der Waals surface area contributed by atoms with E-state index in [1.54, 1.807) is 88.4 Å². The summed E-state index contributed by atoms with van der Waals surface area (Å²) in [6.45, 7) is 33.0. The third-order valence-corrected chi connectivity index (χ3v) is 20.0. The summed E-state index contributed by atoms with van der Waals surface area (Å²) in [5.41, 5.74) is 13.0. The first-order chi connectivity index (χ1) is 51.6. The Bertz CT molecular complexity index is 4390. The lowest BCUT2D eigenvalue weighted by molar-refractivity contribution is -0.144. The number of unbranched alkanes of at least 4 members (excludes halogenated alkanes) is 1.